The summed E-state index contributed by atoms with van der Waals surface area (Å²) >= 11 is 0. The summed E-state index contributed by atoms with van der Waals surface area (Å²) < 4.78 is 0. The van der Waals surface area contributed by atoms with Gasteiger partial charge in [0.1, 0.15) is 6.04 Å². The standard InChI is InChI=1S/C12H21N3O2/c1-8-3-2-4-9-5-6-10(12(17)15(8)9)14-11(16)7-13/h8-10H,2-7,13H2,1H3,(H,14,16)/t8-,9?,10+/m1/s1. The van der Waals surface area contributed by atoms with Crippen LogP contribution in [0.3, 0.4) is 0 Å². The number of piperidine rings is 2. The first-order chi connectivity index (χ1) is 8.13. The summed E-state index contributed by atoms with van der Waals surface area (Å²) in [4.78, 5) is 25.5. The summed E-state index contributed by atoms with van der Waals surface area (Å²) in [6.07, 6.45) is 5.12. The van der Waals surface area contributed by atoms with E-state index >= 15 is 0 Å². The quantitative estimate of drug-likeness (QED) is 0.712. The van der Waals surface area contributed by atoms with Crippen molar-refractivity contribution in [2.75, 3.05) is 6.54 Å². The van der Waals surface area contributed by atoms with Gasteiger partial charge in [0.15, 0.2) is 0 Å². The van der Waals surface area contributed by atoms with Crippen molar-refractivity contribution in [3.63, 3.8) is 0 Å². The van der Waals surface area contributed by atoms with Crippen LogP contribution in [0.4, 0.5) is 0 Å². The molecule has 0 bridgehead atoms. The molecule has 1 unspecified atom stereocenters. The minimum atomic E-state index is -0.358. The molecule has 3 N–H and O–H groups in total. The second kappa shape index (κ2) is 5.04. The van der Waals surface area contributed by atoms with Gasteiger partial charge in [0.25, 0.3) is 0 Å². The highest BCUT2D eigenvalue weighted by molar-refractivity contribution is 5.89. The summed E-state index contributed by atoms with van der Waals surface area (Å²) in [5, 5.41) is 2.72. The van der Waals surface area contributed by atoms with E-state index in [1.807, 2.05) is 4.90 Å². The predicted molar refractivity (Wildman–Crippen MR) is 64.2 cm³/mol. The van der Waals surface area contributed by atoms with Crippen molar-refractivity contribution < 1.29 is 9.59 Å². The Morgan fingerprint density at radius 3 is 2.88 bits per heavy atom. The molecular formula is C12H21N3O2. The summed E-state index contributed by atoms with van der Waals surface area (Å²) in [5.41, 5.74) is 5.26. The number of fused-ring (bicyclic) bond motifs is 1. The summed E-state index contributed by atoms with van der Waals surface area (Å²) in [6, 6.07) is 0.332. The molecule has 0 radical (unpaired) electrons. The van der Waals surface area contributed by atoms with Gasteiger partial charge in [-0.1, -0.05) is 0 Å². The maximum Gasteiger partial charge on any atom is 0.245 e. The zero-order valence-electron chi connectivity index (χ0n) is 10.3. The number of amides is 2. The number of hydrogen-bond donors (Lipinski definition) is 2. The molecule has 2 aliphatic heterocycles. The fraction of sp³-hybridized carbons (Fsp3) is 0.833. The molecule has 0 aromatic rings. The number of rotatable bonds is 2. The molecule has 2 rings (SSSR count). The number of carbonyl (C=O) groups is 2. The van der Waals surface area contributed by atoms with Crippen molar-refractivity contribution >= 4 is 11.8 Å². The van der Waals surface area contributed by atoms with E-state index in [4.69, 9.17) is 5.73 Å². The van der Waals surface area contributed by atoms with Gasteiger partial charge in [-0.05, 0) is 39.0 Å². The molecule has 0 saturated carbocycles. The lowest BCUT2D eigenvalue weighted by Crippen LogP contribution is -2.60. The van der Waals surface area contributed by atoms with Crippen molar-refractivity contribution in [2.45, 2.75) is 57.2 Å². The fourth-order valence-electron chi connectivity index (χ4n) is 3.02. The van der Waals surface area contributed by atoms with Gasteiger partial charge < -0.3 is 16.0 Å². The molecule has 5 heteroatoms. The average Bonchev–Trinajstić information content (AvgIpc) is 2.32. The molecule has 17 heavy (non-hydrogen) atoms. The van der Waals surface area contributed by atoms with E-state index in [1.54, 1.807) is 0 Å². The van der Waals surface area contributed by atoms with E-state index in [0.717, 1.165) is 25.7 Å². The molecule has 2 fully saturated rings. The van der Waals surface area contributed by atoms with E-state index in [9.17, 15) is 9.59 Å². The van der Waals surface area contributed by atoms with Crippen LogP contribution in [-0.2, 0) is 9.59 Å². The van der Waals surface area contributed by atoms with Crippen molar-refractivity contribution in [1.29, 1.82) is 0 Å². The van der Waals surface area contributed by atoms with E-state index in [-0.39, 0.29) is 24.4 Å². The molecule has 2 saturated heterocycles. The molecule has 0 aliphatic carbocycles. The second-order valence-electron chi connectivity index (χ2n) is 5.08. The number of hydrogen-bond acceptors (Lipinski definition) is 3. The van der Waals surface area contributed by atoms with Gasteiger partial charge in [0.2, 0.25) is 11.8 Å². The van der Waals surface area contributed by atoms with Crippen molar-refractivity contribution in [3.8, 4) is 0 Å². The molecular weight excluding hydrogens is 218 g/mol. The Bertz CT molecular complexity index is 319. The number of carbonyl (C=O) groups excluding carboxylic acids is 2. The summed E-state index contributed by atoms with van der Waals surface area (Å²) in [5.74, 6) is -0.165. The fourth-order valence-corrected chi connectivity index (χ4v) is 3.02. The minimum absolute atomic E-state index is 0.0528. The average molecular weight is 239 g/mol. The molecule has 96 valence electrons. The van der Waals surface area contributed by atoms with Gasteiger partial charge in [-0.2, -0.15) is 0 Å². The largest absolute Gasteiger partial charge is 0.343 e. The second-order valence-corrected chi connectivity index (χ2v) is 5.08. The SMILES string of the molecule is C[C@@H]1CCCC2CC[C@H](NC(=O)CN)C(=O)N21. The molecule has 2 amide bonds. The van der Waals surface area contributed by atoms with Crippen LogP contribution in [-0.4, -0.2) is 41.4 Å². The van der Waals surface area contributed by atoms with Crippen LogP contribution in [0.1, 0.15) is 39.0 Å². The Labute approximate surface area is 102 Å². The van der Waals surface area contributed by atoms with Gasteiger partial charge in [-0.3, -0.25) is 9.59 Å². The van der Waals surface area contributed by atoms with Crippen molar-refractivity contribution in [1.82, 2.24) is 10.2 Å². The first-order valence-corrected chi connectivity index (χ1v) is 6.45. The van der Waals surface area contributed by atoms with E-state index in [2.05, 4.69) is 12.2 Å². The van der Waals surface area contributed by atoms with Gasteiger partial charge in [-0.25, -0.2) is 0 Å². The minimum Gasteiger partial charge on any atom is -0.343 e. The Kier molecular flexibility index (Phi) is 3.66. The maximum absolute atomic E-state index is 12.3. The Morgan fingerprint density at radius 1 is 1.41 bits per heavy atom. The van der Waals surface area contributed by atoms with Crippen molar-refractivity contribution in [3.05, 3.63) is 0 Å². The first-order valence-electron chi connectivity index (χ1n) is 6.45. The van der Waals surface area contributed by atoms with Gasteiger partial charge in [0, 0.05) is 12.1 Å². The molecule has 0 aromatic carbocycles. The first kappa shape index (κ1) is 12.4. The third-order valence-corrected chi connectivity index (χ3v) is 3.89. The zero-order chi connectivity index (χ0) is 12.4. The van der Waals surface area contributed by atoms with Crippen molar-refractivity contribution in [2.24, 2.45) is 5.73 Å². The highest BCUT2D eigenvalue weighted by Gasteiger charge is 2.39. The Hall–Kier alpha value is -1.10. The van der Waals surface area contributed by atoms with E-state index < -0.39 is 0 Å². The van der Waals surface area contributed by atoms with E-state index in [1.165, 1.54) is 6.42 Å². The smallest absolute Gasteiger partial charge is 0.245 e. The topological polar surface area (TPSA) is 75.4 Å². The zero-order valence-corrected chi connectivity index (χ0v) is 10.3. The van der Waals surface area contributed by atoms with Crippen LogP contribution < -0.4 is 11.1 Å². The number of nitrogens with one attached hydrogen (secondary N) is 1. The van der Waals surface area contributed by atoms with E-state index in [0.29, 0.717) is 12.1 Å². The Balaban J connectivity index is 2.04. The van der Waals surface area contributed by atoms with Crippen LogP contribution >= 0.6 is 0 Å². The number of nitrogens with zero attached hydrogens (tertiary/aromatic N) is 1. The monoisotopic (exact) mass is 239 g/mol. The number of nitrogens with two attached hydrogens (primary N) is 1. The van der Waals surface area contributed by atoms with Crippen LogP contribution in [0.25, 0.3) is 0 Å². The van der Waals surface area contributed by atoms with Crippen LogP contribution in [0, 0.1) is 0 Å². The van der Waals surface area contributed by atoms with Crippen LogP contribution in [0.15, 0.2) is 0 Å². The molecule has 2 aliphatic rings. The van der Waals surface area contributed by atoms with Crippen LogP contribution in [0.2, 0.25) is 0 Å². The molecule has 0 aromatic heterocycles. The highest BCUT2D eigenvalue weighted by atomic mass is 16.2. The molecule has 3 atom stereocenters. The predicted octanol–water partition coefficient (Wildman–Crippen LogP) is -0.00670. The molecule has 0 spiro atoms. The summed E-state index contributed by atoms with van der Waals surface area (Å²) in [7, 11) is 0. The normalized spacial score (nSPS) is 33.2. The maximum atomic E-state index is 12.3. The third-order valence-electron chi connectivity index (χ3n) is 3.89. The van der Waals surface area contributed by atoms with Gasteiger partial charge in [0.05, 0.1) is 6.54 Å². The van der Waals surface area contributed by atoms with Gasteiger partial charge >= 0.3 is 0 Å². The molecule has 2 heterocycles. The Morgan fingerprint density at radius 2 is 2.18 bits per heavy atom. The lowest BCUT2D eigenvalue weighted by atomic mass is 9.87. The third kappa shape index (κ3) is 2.44. The highest BCUT2D eigenvalue weighted by Crippen LogP contribution is 2.30. The summed E-state index contributed by atoms with van der Waals surface area (Å²) in [6.45, 7) is 2.04. The van der Waals surface area contributed by atoms with Gasteiger partial charge in [-0.15, -0.1) is 0 Å². The lowest BCUT2D eigenvalue weighted by molar-refractivity contribution is -0.146. The molecule has 5 nitrogen and oxygen atoms in total. The lowest BCUT2D eigenvalue weighted by Gasteiger charge is -2.46. The van der Waals surface area contributed by atoms with Crippen LogP contribution in [0.5, 0.6) is 0 Å².